The summed E-state index contributed by atoms with van der Waals surface area (Å²) >= 11 is 12.2. The third-order valence-corrected chi connectivity index (χ3v) is 6.56. The molecule has 1 amide bonds. The maximum absolute atomic E-state index is 13.5. The number of halogens is 2. The van der Waals surface area contributed by atoms with E-state index in [0.29, 0.717) is 27.8 Å². The molecule has 0 fully saturated rings. The summed E-state index contributed by atoms with van der Waals surface area (Å²) in [6.07, 6.45) is 1.77. The smallest absolute Gasteiger partial charge is 0.256 e. The summed E-state index contributed by atoms with van der Waals surface area (Å²) in [4.78, 5) is 20.8. The minimum absolute atomic E-state index is 0.145. The lowest BCUT2D eigenvalue weighted by Gasteiger charge is -2.30. The molecule has 1 N–H and O–H groups in total. The number of hydrogen-bond donors (Lipinski definition) is 1. The minimum atomic E-state index is -0.145. The highest BCUT2D eigenvalue weighted by Gasteiger charge is 2.26. The second-order valence-electron chi connectivity index (χ2n) is 8.30. The van der Waals surface area contributed by atoms with Gasteiger partial charge < -0.3 is 5.32 Å². The van der Waals surface area contributed by atoms with Crippen LogP contribution in [0.4, 0.5) is 5.69 Å². The number of nitrogens with zero attached hydrogens (tertiary/aromatic N) is 2. The van der Waals surface area contributed by atoms with E-state index >= 15 is 0 Å². The summed E-state index contributed by atoms with van der Waals surface area (Å²) in [7, 11) is 0. The minimum Gasteiger partial charge on any atom is -0.322 e. The fourth-order valence-corrected chi connectivity index (χ4v) is 4.67. The normalized spacial score (nSPS) is 13.6. The predicted octanol–water partition coefficient (Wildman–Crippen LogP) is 6.39. The molecule has 0 saturated carbocycles. The molecular weight excluding hydrogens is 453 g/mol. The van der Waals surface area contributed by atoms with Crippen molar-refractivity contribution in [2.24, 2.45) is 0 Å². The number of hydrogen-bond acceptors (Lipinski definition) is 3. The van der Waals surface area contributed by atoms with Gasteiger partial charge in [-0.1, -0.05) is 59.6 Å². The highest BCUT2D eigenvalue weighted by molar-refractivity contribution is 6.31. The van der Waals surface area contributed by atoms with E-state index in [2.05, 4.69) is 34.5 Å². The molecule has 0 aliphatic carbocycles. The van der Waals surface area contributed by atoms with Gasteiger partial charge in [0, 0.05) is 58.4 Å². The zero-order valence-corrected chi connectivity index (χ0v) is 19.5. The molecule has 1 aliphatic rings. The molecule has 0 spiro atoms. The van der Waals surface area contributed by atoms with E-state index in [9.17, 15) is 4.79 Å². The summed E-state index contributed by atoms with van der Waals surface area (Å²) in [6, 6.07) is 23.2. The van der Waals surface area contributed by atoms with Crippen molar-refractivity contribution in [2.75, 3.05) is 18.4 Å². The van der Waals surface area contributed by atoms with Crippen LogP contribution in [0.15, 0.2) is 72.8 Å². The van der Waals surface area contributed by atoms with E-state index in [4.69, 9.17) is 28.2 Å². The first-order valence-corrected chi connectivity index (χ1v) is 11.8. The van der Waals surface area contributed by atoms with Crippen molar-refractivity contribution in [3.8, 4) is 0 Å². The summed E-state index contributed by atoms with van der Waals surface area (Å²) < 4.78 is 0. The lowest BCUT2D eigenvalue weighted by Crippen LogP contribution is -2.34. The van der Waals surface area contributed by atoms with Crippen molar-refractivity contribution < 1.29 is 4.79 Å². The Morgan fingerprint density at radius 3 is 2.52 bits per heavy atom. The topological polar surface area (TPSA) is 45.2 Å². The van der Waals surface area contributed by atoms with Crippen LogP contribution >= 0.6 is 23.2 Å². The number of nitrogens with one attached hydrogen (secondary N) is 1. The van der Waals surface area contributed by atoms with Crippen LogP contribution < -0.4 is 5.32 Å². The molecule has 1 aliphatic heterocycles. The third kappa shape index (κ3) is 4.88. The molecule has 1 aromatic heterocycles. The first-order valence-electron chi connectivity index (χ1n) is 11.0. The first-order chi connectivity index (χ1) is 16.1. The molecule has 2 heterocycles. The van der Waals surface area contributed by atoms with Gasteiger partial charge in [-0.2, -0.15) is 0 Å². The molecule has 0 unspecified atom stereocenters. The molecule has 3 aromatic carbocycles. The Labute approximate surface area is 203 Å². The standard InChI is InChI=1S/C27H23Cl2N3O/c28-19-6-9-21(10-7-19)30-27(33)26-22-11-8-20(29)16-25(22)31-24-13-15-32(17-23(24)26)14-12-18-4-2-1-3-5-18/h1-11,16H,12-15,17H2,(H,30,33). The first kappa shape index (κ1) is 21.9. The monoisotopic (exact) mass is 475 g/mol. The third-order valence-electron chi connectivity index (χ3n) is 6.07. The number of benzene rings is 3. The van der Waals surface area contributed by atoms with Gasteiger partial charge in [0.1, 0.15) is 0 Å². The molecule has 5 rings (SSSR count). The van der Waals surface area contributed by atoms with E-state index in [1.807, 2.05) is 24.3 Å². The average molecular weight is 476 g/mol. The molecule has 4 nitrogen and oxygen atoms in total. The van der Waals surface area contributed by atoms with Gasteiger partial charge in [-0.05, 0) is 48.4 Å². The largest absolute Gasteiger partial charge is 0.322 e. The SMILES string of the molecule is O=C(Nc1ccc(Cl)cc1)c1c2c(nc3cc(Cl)ccc13)CCN(CCc1ccccc1)C2. The molecular formula is C27H23Cl2N3O. The second kappa shape index (κ2) is 9.52. The number of pyridine rings is 1. The summed E-state index contributed by atoms with van der Waals surface area (Å²) in [5.41, 5.74) is 5.41. The summed E-state index contributed by atoms with van der Waals surface area (Å²) in [5.74, 6) is -0.145. The Balaban J connectivity index is 1.48. The number of carbonyl (C=O) groups excluding carboxylic acids is 1. The lowest BCUT2D eigenvalue weighted by atomic mass is 9.95. The fourth-order valence-electron chi connectivity index (χ4n) is 4.38. The molecule has 166 valence electrons. The van der Waals surface area contributed by atoms with Crippen LogP contribution in [0.3, 0.4) is 0 Å². The van der Waals surface area contributed by atoms with Crippen molar-refractivity contribution in [1.82, 2.24) is 9.88 Å². The van der Waals surface area contributed by atoms with Gasteiger partial charge >= 0.3 is 0 Å². The van der Waals surface area contributed by atoms with Crippen LogP contribution in [0.25, 0.3) is 10.9 Å². The van der Waals surface area contributed by atoms with Crippen molar-refractivity contribution in [2.45, 2.75) is 19.4 Å². The summed E-state index contributed by atoms with van der Waals surface area (Å²) in [6.45, 7) is 2.54. The van der Waals surface area contributed by atoms with E-state index in [0.717, 1.165) is 48.1 Å². The van der Waals surface area contributed by atoms with Crippen LogP contribution in [-0.4, -0.2) is 28.9 Å². The van der Waals surface area contributed by atoms with Gasteiger partial charge in [0.2, 0.25) is 0 Å². The van der Waals surface area contributed by atoms with Gasteiger partial charge in [-0.3, -0.25) is 14.7 Å². The zero-order chi connectivity index (χ0) is 22.8. The van der Waals surface area contributed by atoms with Crippen LogP contribution in [0, 0.1) is 0 Å². The Morgan fingerprint density at radius 1 is 0.970 bits per heavy atom. The number of carbonyl (C=O) groups is 1. The Kier molecular flexibility index (Phi) is 6.32. The average Bonchev–Trinajstić information content (AvgIpc) is 2.83. The number of fused-ring (bicyclic) bond motifs is 2. The van der Waals surface area contributed by atoms with Gasteiger partial charge in [0.25, 0.3) is 5.91 Å². The van der Waals surface area contributed by atoms with Gasteiger partial charge in [-0.15, -0.1) is 0 Å². The maximum Gasteiger partial charge on any atom is 0.256 e. The summed E-state index contributed by atoms with van der Waals surface area (Å²) in [5, 5.41) is 5.09. The van der Waals surface area contributed by atoms with E-state index in [-0.39, 0.29) is 5.91 Å². The molecule has 4 aromatic rings. The lowest BCUT2D eigenvalue weighted by molar-refractivity contribution is 0.102. The van der Waals surface area contributed by atoms with Gasteiger partial charge in [0.15, 0.2) is 0 Å². The Morgan fingerprint density at radius 2 is 1.73 bits per heavy atom. The van der Waals surface area contributed by atoms with Crippen molar-refractivity contribution in [1.29, 1.82) is 0 Å². The maximum atomic E-state index is 13.5. The number of rotatable bonds is 5. The van der Waals surface area contributed by atoms with Crippen molar-refractivity contribution >= 4 is 45.7 Å². The number of amides is 1. The van der Waals surface area contributed by atoms with Crippen LogP contribution in [0.1, 0.15) is 27.2 Å². The number of aromatic nitrogens is 1. The Bertz CT molecular complexity index is 1310. The quantitative estimate of drug-likeness (QED) is 0.363. The van der Waals surface area contributed by atoms with Crippen molar-refractivity contribution in [3.63, 3.8) is 0 Å². The zero-order valence-electron chi connectivity index (χ0n) is 18.0. The van der Waals surface area contributed by atoms with Gasteiger partial charge in [-0.25, -0.2) is 0 Å². The number of anilines is 1. The predicted molar refractivity (Wildman–Crippen MR) is 135 cm³/mol. The molecule has 0 bridgehead atoms. The van der Waals surface area contributed by atoms with Crippen molar-refractivity contribution in [3.05, 3.63) is 105 Å². The molecule has 33 heavy (non-hydrogen) atoms. The Hall–Kier alpha value is -2.92. The molecule has 0 saturated heterocycles. The highest BCUT2D eigenvalue weighted by atomic mass is 35.5. The van der Waals surface area contributed by atoms with E-state index < -0.39 is 0 Å². The highest BCUT2D eigenvalue weighted by Crippen LogP contribution is 2.30. The van der Waals surface area contributed by atoms with Crippen LogP contribution in [0.2, 0.25) is 10.0 Å². The molecule has 6 heteroatoms. The van der Waals surface area contributed by atoms with E-state index in [1.54, 1.807) is 24.3 Å². The van der Waals surface area contributed by atoms with Crippen LogP contribution in [0.5, 0.6) is 0 Å². The van der Waals surface area contributed by atoms with Gasteiger partial charge in [0.05, 0.1) is 11.1 Å². The second-order valence-corrected chi connectivity index (χ2v) is 9.17. The van der Waals surface area contributed by atoms with E-state index in [1.165, 1.54) is 5.56 Å². The fraction of sp³-hybridized carbons (Fsp3) is 0.185. The molecule has 0 atom stereocenters. The molecule has 0 radical (unpaired) electrons. The van der Waals surface area contributed by atoms with Crippen LogP contribution in [-0.2, 0) is 19.4 Å².